The number of anilines is 2. The van der Waals surface area contributed by atoms with Gasteiger partial charge < -0.3 is 25.2 Å². The first-order chi connectivity index (χ1) is 24.5. The van der Waals surface area contributed by atoms with Crippen LogP contribution >= 0.6 is 23.2 Å². The molecule has 9 nitrogen and oxygen atoms in total. The molecule has 3 heterocycles. The minimum Gasteiger partial charge on any atom is -0.373 e. The molecule has 286 valence electrons. The summed E-state index contributed by atoms with van der Waals surface area (Å²) in [5.41, 5.74) is -3.81. The fourth-order valence-electron chi connectivity index (χ4n) is 5.75. The summed E-state index contributed by atoms with van der Waals surface area (Å²) in [7, 11) is 1.60. The fourth-order valence-corrected chi connectivity index (χ4v) is 6.32. The van der Waals surface area contributed by atoms with E-state index in [9.17, 15) is 54.2 Å². The Morgan fingerprint density at radius 2 is 1.62 bits per heavy atom. The van der Waals surface area contributed by atoms with Crippen molar-refractivity contribution in [2.75, 3.05) is 23.3 Å². The highest BCUT2D eigenvalue weighted by molar-refractivity contribution is 6.36. The largest absolute Gasteiger partial charge is 0.433 e. The Balaban J connectivity index is 1.49. The van der Waals surface area contributed by atoms with Crippen LogP contribution in [0.15, 0.2) is 42.5 Å². The van der Waals surface area contributed by atoms with Gasteiger partial charge >= 0.3 is 18.5 Å². The minimum absolute atomic E-state index is 0.0293. The summed E-state index contributed by atoms with van der Waals surface area (Å²) in [6.45, 7) is -0.384. The van der Waals surface area contributed by atoms with Crippen molar-refractivity contribution < 1.29 is 54.2 Å². The zero-order chi connectivity index (χ0) is 39.3. The zero-order valence-corrected chi connectivity index (χ0v) is 29.1. The van der Waals surface area contributed by atoms with Crippen molar-refractivity contribution in [1.29, 1.82) is 0 Å². The van der Waals surface area contributed by atoms with Gasteiger partial charge in [-0.15, -0.1) is 0 Å². The number of benzene rings is 2. The van der Waals surface area contributed by atoms with E-state index in [2.05, 4.69) is 15.3 Å². The first-order valence-corrected chi connectivity index (χ1v) is 16.4. The molecular weight excluding hydrogens is 770 g/mol. The van der Waals surface area contributed by atoms with Crippen LogP contribution in [0.25, 0.3) is 11.0 Å². The molecule has 0 aliphatic carbocycles. The van der Waals surface area contributed by atoms with Gasteiger partial charge in [0.1, 0.15) is 17.3 Å². The number of carbonyl (C=O) groups is 2. The second-order valence-corrected chi connectivity index (χ2v) is 13.3. The fraction of sp³-hybridized carbons (Fsp3) is 0.394. The normalized spacial score (nSPS) is 15.8. The number of imidazole rings is 1. The second kappa shape index (κ2) is 14.5. The summed E-state index contributed by atoms with van der Waals surface area (Å²) >= 11 is 13.0. The lowest BCUT2D eigenvalue weighted by atomic mass is 9.95. The van der Waals surface area contributed by atoms with Crippen LogP contribution in [-0.2, 0) is 31.0 Å². The van der Waals surface area contributed by atoms with Crippen LogP contribution in [0.5, 0.6) is 0 Å². The number of aliphatic hydroxyl groups is 1. The van der Waals surface area contributed by atoms with Crippen molar-refractivity contribution in [2.24, 2.45) is 13.0 Å². The lowest BCUT2D eigenvalue weighted by Crippen LogP contribution is -2.54. The van der Waals surface area contributed by atoms with Gasteiger partial charge in [-0.1, -0.05) is 35.3 Å². The van der Waals surface area contributed by atoms with Gasteiger partial charge in [-0.25, -0.2) is 9.97 Å². The molecule has 0 unspecified atom stereocenters. The number of rotatable bonds is 8. The third-order valence-corrected chi connectivity index (χ3v) is 9.77. The van der Waals surface area contributed by atoms with Gasteiger partial charge in [0.05, 0.1) is 33.2 Å². The van der Waals surface area contributed by atoms with Crippen molar-refractivity contribution in [3.8, 4) is 0 Å². The highest BCUT2D eigenvalue weighted by Crippen LogP contribution is 2.38. The van der Waals surface area contributed by atoms with Crippen LogP contribution < -0.4 is 15.5 Å². The van der Waals surface area contributed by atoms with E-state index < -0.39 is 59.9 Å². The zero-order valence-electron chi connectivity index (χ0n) is 27.6. The standard InChI is InChI=1S/C33H29Cl2F9N6O3/c1-30(53,33(42,43)44)29(52)45-15-16-6-7-20(34)18(27(16)35)13-26-46-21-12-19(28(51)48-25-5-3-4-24(47-25)32(39,40)41)22(14-23(21)49(26)2)50-10-8-17(9-11-50)31(36,37)38/h3-7,12,14,17,53H,8-11,13,15H2,1-2H3,(H,45,52)(H,47,48,51)/t30-/m0/s1. The number of piperidine rings is 1. The number of halogens is 11. The third kappa shape index (κ3) is 8.44. The van der Waals surface area contributed by atoms with E-state index in [1.165, 1.54) is 24.3 Å². The van der Waals surface area contributed by atoms with E-state index in [1.807, 2.05) is 5.32 Å². The molecule has 1 aliphatic heterocycles. The van der Waals surface area contributed by atoms with E-state index in [-0.39, 0.29) is 70.3 Å². The molecule has 2 amide bonds. The van der Waals surface area contributed by atoms with Crippen molar-refractivity contribution in [3.63, 3.8) is 0 Å². The van der Waals surface area contributed by atoms with Crippen molar-refractivity contribution in [2.45, 2.75) is 56.9 Å². The number of aryl methyl sites for hydroxylation is 1. The summed E-state index contributed by atoms with van der Waals surface area (Å²) in [6, 6.07) is 8.53. The summed E-state index contributed by atoms with van der Waals surface area (Å²) in [5, 5.41) is 14.1. The maximum Gasteiger partial charge on any atom is 0.433 e. The average molecular weight is 800 g/mol. The van der Waals surface area contributed by atoms with Gasteiger partial charge in [-0.05, 0) is 61.2 Å². The third-order valence-electron chi connectivity index (χ3n) is 8.95. The van der Waals surface area contributed by atoms with Gasteiger partial charge in [0.25, 0.3) is 11.8 Å². The maximum absolute atomic E-state index is 13.6. The molecule has 1 saturated heterocycles. The number of nitrogens with one attached hydrogen (secondary N) is 2. The smallest absolute Gasteiger partial charge is 0.373 e. The molecule has 0 saturated carbocycles. The molecule has 20 heteroatoms. The Hall–Kier alpha value is -4.29. The van der Waals surface area contributed by atoms with Crippen molar-refractivity contribution in [1.82, 2.24) is 19.9 Å². The molecule has 0 radical (unpaired) electrons. The van der Waals surface area contributed by atoms with Crippen LogP contribution in [0.4, 0.5) is 51.0 Å². The van der Waals surface area contributed by atoms with Crippen molar-refractivity contribution in [3.05, 3.63) is 80.7 Å². The van der Waals surface area contributed by atoms with Crippen LogP contribution in [0.2, 0.25) is 10.0 Å². The lowest BCUT2D eigenvalue weighted by molar-refractivity contribution is -0.245. The van der Waals surface area contributed by atoms with Gasteiger partial charge in [-0.2, -0.15) is 39.5 Å². The number of alkyl halides is 9. The molecule has 4 aromatic rings. The average Bonchev–Trinajstić information content (AvgIpc) is 3.37. The van der Waals surface area contributed by atoms with E-state index in [0.29, 0.717) is 18.3 Å². The van der Waals surface area contributed by atoms with Gasteiger partial charge in [0.2, 0.25) is 5.60 Å². The Morgan fingerprint density at radius 3 is 2.23 bits per heavy atom. The molecule has 2 aromatic carbocycles. The number of aromatic nitrogens is 3. The number of nitrogens with zero attached hydrogens (tertiary/aromatic N) is 4. The summed E-state index contributed by atoms with van der Waals surface area (Å²) in [5.74, 6) is -4.30. The second-order valence-electron chi connectivity index (χ2n) is 12.5. The Morgan fingerprint density at radius 1 is 0.962 bits per heavy atom. The Bertz CT molecular complexity index is 2040. The molecule has 1 fully saturated rings. The monoisotopic (exact) mass is 798 g/mol. The van der Waals surface area contributed by atoms with E-state index in [0.717, 1.165) is 18.2 Å². The summed E-state index contributed by atoms with van der Waals surface area (Å²) < 4.78 is 121. The molecule has 1 atom stereocenters. The van der Waals surface area contributed by atoms with Crippen LogP contribution in [-0.4, -0.2) is 62.5 Å². The Labute approximate surface area is 305 Å². The quantitative estimate of drug-likeness (QED) is 0.157. The summed E-state index contributed by atoms with van der Waals surface area (Å²) in [4.78, 5) is 35.4. The first-order valence-electron chi connectivity index (χ1n) is 15.7. The molecule has 0 spiro atoms. The van der Waals surface area contributed by atoms with Gasteiger partial charge in [0, 0.05) is 38.1 Å². The SMILES string of the molecule is Cn1c(Cc2c(Cl)ccc(CNC(=O)[C@](C)(O)C(F)(F)F)c2Cl)nc2cc(C(=O)Nc3cccc(C(F)(F)F)n3)c(N3CCC(C(F)(F)F)CC3)cc21. The van der Waals surface area contributed by atoms with Crippen LogP contribution in [0.3, 0.4) is 0 Å². The van der Waals surface area contributed by atoms with Crippen LogP contribution in [0, 0.1) is 5.92 Å². The molecule has 1 aliphatic rings. The van der Waals surface area contributed by atoms with Gasteiger partial charge in [0.15, 0.2) is 0 Å². The lowest BCUT2D eigenvalue weighted by Gasteiger charge is -2.35. The van der Waals surface area contributed by atoms with E-state index in [4.69, 9.17) is 23.2 Å². The predicted molar refractivity (Wildman–Crippen MR) is 177 cm³/mol. The van der Waals surface area contributed by atoms with Gasteiger partial charge in [-0.3, -0.25) is 9.59 Å². The van der Waals surface area contributed by atoms with E-state index >= 15 is 0 Å². The number of pyridine rings is 1. The maximum atomic E-state index is 13.6. The molecule has 3 N–H and O–H groups in total. The molecular formula is C33H29Cl2F9N6O3. The number of carbonyl (C=O) groups excluding carboxylic acids is 2. The first kappa shape index (κ1) is 39.9. The highest BCUT2D eigenvalue weighted by Gasteiger charge is 2.55. The number of hydrogen-bond donors (Lipinski definition) is 3. The molecule has 0 bridgehead atoms. The van der Waals surface area contributed by atoms with E-state index in [1.54, 1.807) is 16.5 Å². The Kier molecular flexibility index (Phi) is 10.9. The number of fused-ring (bicyclic) bond motifs is 1. The summed E-state index contributed by atoms with van der Waals surface area (Å²) in [6.07, 6.45) is -15.1. The number of hydrogen-bond acceptors (Lipinski definition) is 6. The molecule has 2 aromatic heterocycles. The van der Waals surface area contributed by atoms with Crippen LogP contribution in [0.1, 0.15) is 52.8 Å². The highest BCUT2D eigenvalue weighted by atomic mass is 35.5. The van der Waals surface area contributed by atoms with Crippen molar-refractivity contribution >= 4 is 57.6 Å². The minimum atomic E-state index is -5.25. The molecule has 53 heavy (non-hydrogen) atoms. The predicted octanol–water partition coefficient (Wildman–Crippen LogP) is 7.85. The molecule has 5 rings (SSSR count). The number of amides is 2. The topological polar surface area (TPSA) is 112 Å².